The van der Waals surface area contributed by atoms with Crippen LogP contribution >= 0.6 is 0 Å². The molecule has 1 N–H and O–H groups in total. The van der Waals surface area contributed by atoms with Gasteiger partial charge in [-0.2, -0.15) is 0 Å². The Morgan fingerprint density at radius 2 is 1.79 bits per heavy atom. The van der Waals surface area contributed by atoms with Crippen molar-refractivity contribution in [1.29, 1.82) is 0 Å². The predicted octanol–water partition coefficient (Wildman–Crippen LogP) is 3.46. The standard InChI is InChI=1S/C17H28N2/c1-19(2)17(16-11-7-4-8-12-16)14-18-13-15-9-5-3-6-10-15/h4,7-8,11-12,15,17-18H,3,5-6,9-10,13-14H2,1-2H3. The normalized spacial score (nSPS) is 18.7. The molecule has 1 unspecified atom stereocenters. The van der Waals surface area contributed by atoms with Crippen LogP contribution in [0, 0.1) is 5.92 Å². The summed E-state index contributed by atoms with van der Waals surface area (Å²) in [6.07, 6.45) is 7.15. The number of hydrogen-bond acceptors (Lipinski definition) is 2. The molecule has 0 bridgehead atoms. The molecule has 1 aliphatic rings. The lowest BCUT2D eigenvalue weighted by molar-refractivity contribution is 0.273. The van der Waals surface area contributed by atoms with Gasteiger partial charge in [-0.1, -0.05) is 49.6 Å². The SMILES string of the molecule is CN(C)C(CNCC1CCCCC1)c1ccccc1. The quantitative estimate of drug-likeness (QED) is 0.842. The molecule has 1 saturated carbocycles. The highest BCUT2D eigenvalue weighted by Gasteiger charge is 2.16. The summed E-state index contributed by atoms with van der Waals surface area (Å²) in [5.41, 5.74) is 1.41. The van der Waals surface area contributed by atoms with Crippen molar-refractivity contribution in [3.63, 3.8) is 0 Å². The highest BCUT2D eigenvalue weighted by molar-refractivity contribution is 5.19. The molecule has 2 heteroatoms. The van der Waals surface area contributed by atoms with Crippen molar-refractivity contribution < 1.29 is 0 Å². The number of likely N-dealkylation sites (N-methyl/N-ethyl adjacent to an activating group) is 1. The summed E-state index contributed by atoms with van der Waals surface area (Å²) in [6, 6.07) is 11.3. The highest BCUT2D eigenvalue weighted by atomic mass is 15.1. The molecule has 0 spiro atoms. The summed E-state index contributed by atoms with van der Waals surface area (Å²) in [6.45, 7) is 2.24. The molecule has 19 heavy (non-hydrogen) atoms. The van der Waals surface area contributed by atoms with Crippen molar-refractivity contribution >= 4 is 0 Å². The van der Waals surface area contributed by atoms with Crippen LogP contribution in [0.5, 0.6) is 0 Å². The van der Waals surface area contributed by atoms with Gasteiger partial charge in [-0.05, 0) is 45.0 Å². The summed E-state index contributed by atoms with van der Waals surface area (Å²) in [5, 5.41) is 3.69. The van der Waals surface area contributed by atoms with Crippen LogP contribution in [-0.2, 0) is 0 Å². The Labute approximate surface area is 118 Å². The van der Waals surface area contributed by atoms with E-state index in [1.54, 1.807) is 0 Å². The zero-order valence-corrected chi connectivity index (χ0v) is 12.4. The number of hydrogen-bond donors (Lipinski definition) is 1. The lowest BCUT2D eigenvalue weighted by atomic mass is 9.89. The van der Waals surface area contributed by atoms with Crippen LogP contribution in [0.1, 0.15) is 43.7 Å². The first-order valence-electron chi connectivity index (χ1n) is 7.69. The molecule has 106 valence electrons. The summed E-state index contributed by atoms with van der Waals surface area (Å²) in [4.78, 5) is 2.31. The van der Waals surface area contributed by atoms with Gasteiger partial charge in [0, 0.05) is 12.6 Å². The molecule has 0 aromatic heterocycles. The molecule has 1 aromatic rings. The molecule has 1 atom stereocenters. The molecule has 1 fully saturated rings. The van der Waals surface area contributed by atoms with Gasteiger partial charge in [0.1, 0.15) is 0 Å². The first kappa shape index (κ1) is 14.5. The van der Waals surface area contributed by atoms with Gasteiger partial charge in [-0.15, -0.1) is 0 Å². The van der Waals surface area contributed by atoms with Crippen molar-refractivity contribution in [2.75, 3.05) is 27.2 Å². The van der Waals surface area contributed by atoms with Crippen molar-refractivity contribution in [1.82, 2.24) is 10.2 Å². The van der Waals surface area contributed by atoms with Gasteiger partial charge in [-0.25, -0.2) is 0 Å². The maximum atomic E-state index is 3.69. The number of nitrogens with one attached hydrogen (secondary N) is 1. The average Bonchev–Trinajstić information content (AvgIpc) is 2.45. The second-order valence-corrected chi connectivity index (χ2v) is 6.05. The van der Waals surface area contributed by atoms with Gasteiger partial charge in [0.05, 0.1) is 0 Å². The van der Waals surface area contributed by atoms with Crippen LogP contribution in [0.2, 0.25) is 0 Å². The number of nitrogens with zero attached hydrogens (tertiary/aromatic N) is 1. The van der Waals surface area contributed by atoms with Crippen molar-refractivity contribution in [3.05, 3.63) is 35.9 Å². The van der Waals surface area contributed by atoms with E-state index in [2.05, 4.69) is 54.6 Å². The van der Waals surface area contributed by atoms with E-state index in [1.807, 2.05) is 0 Å². The Morgan fingerprint density at radius 3 is 2.42 bits per heavy atom. The summed E-state index contributed by atoms with van der Waals surface area (Å²) >= 11 is 0. The fraction of sp³-hybridized carbons (Fsp3) is 0.647. The van der Waals surface area contributed by atoms with E-state index >= 15 is 0 Å². The van der Waals surface area contributed by atoms with Crippen molar-refractivity contribution in [3.8, 4) is 0 Å². The Balaban J connectivity index is 1.80. The zero-order chi connectivity index (χ0) is 13.5. The minimum Gasteiger partial charge on any atom is -0.315 e. The smallest absolute Gasteiger partial charge is 0.0466 e. The first-order chi connectivity index (χ1) is 9.27. The highest BCUT2D eigenvalue weighted by Crippen LogP contribution is 2.23. The topological polar surface area (TPSA) is 15.3 Å². The molecule has 2 rings (SSSR count). The number of rotatable bonds is 6. The van der Waals surface area contributed by atoms with E-state index in [9.17, 15) is 0 Å². The van der Waals surface area contributed by atoms with Crippen molar-refractivity contribution in [2.24, 2.45) is 5.92 Å². The van der Waals surface area contributed by atoms with Crippen LogP contribution in [0.4, 0.5) is 0 Å². The third-order valence-corrected chi connectivity index (χ3v) is 4.30. The molecular weight excluding hydrogens is 232 g/mol. The maximum Gasteiger partial charge on any atom is 0.0466 e. The van der Waals surface area contributed by atoms with E-state index in [-0.39, 0.29) is 0 Å². The zero-order valence-electron chi connectivity index (χ0n) is 12.4. The molecular formula is C17H28N2. The van der Waals surface area contributed by atoms with Gasteiger partial charge >= 0.3 is 0 Å². The second kappa shape index (κ2) is 7.66. The Morgan fingerprint density at radius 1 is 1.11 bits per heavy atom. The summed E-state index contributed by atoms with van der Waals surface area (Å²) < 4.78 is 0. The van der Waals surface area contributed by atoms with Gasteiger partial charge in [0.15, 0.2) is 0 Å². The summed E-state index contributed by atoms with van der Waals surface area (Å²) in [7, 11) is 4.33. The molecule has 0 radical (unpaired) electrons. The molecule has 0 amide bonds. The Kier molecular flexibility index (Phi) is 5.87. The monoisotopic (exact) mass is 260 g/mol. The van der Waals surface area contributed by atoms with Crippen LogP contribution in [0.25, 0.3) is 0 Å². The first-order valence-corrected chi connectivity index (χ1v) is 7.69. The second-order valence-electron chi connectivity index (χ2n) is 6.05. The van der Waals surface area contributed by atoms with E-state index in [4.69, 9.17) is 0 Å². The summed E-state index contributed by atoms with van der Waals surface area (Å²) in [5.74, 6) is 0.910. The van der Waals surface area contributed by atoms with Gasteiger partial charge in [-0.3, -0.25) is 0 Å². The van der Waals surface area contributed by atoms with Gasteiger partial charge < -0.3 is 10.2 Å². The molecule has 0 saturated heterocycles. The lowest BCUT2D eigenvalue weighted by Gasteiger charge is -2.27. The Hall–Kier alpha value is -0.860. The van der Waals surface area contributed by atoms with Gasteiger partial charge in [0.25, 0.3) is 0 Å². The molecule has 1 aromatic carbocycles. The number of benzene rings is 1. The third-order valence-electron chi connectivity index (χ3n) is 4.30. The van der Waals surface area contributed by atoms with Crippen LogP contribution in [-0.4, -0.2) is 32.1 Å². The van der Waals surface area contributed by atoms with Crippen LogP contribution < -0.4 is 5.32 Å². The fourth-order valence-corrected chi connectivity index (χ4v) is 3.09. The largest absolute Gasteiger partial charge is 0.315 e. The molecule has 1 aliphatic carbocycles. The molecule has 0 aliphatic heterocycles. The van der Waals surface area contributed by atoms with E-state index in [0.29, 0.717) is 6.04 Å². The molecule has 0 heterocycles. The maximum absolute atomic E-state index is 3.69. The predicted molar refractivity (Wildman–Crippen MR) is 82.3 cm³/mol. The van der Waals surface area contributed by atoms with E-state index in [1.165, 1.54) is 44.2 Å². The molecule has 2 nitrogen and oxygen atoms in total. The third kappa shape index (κ3) is 4.63. The van der Waals surface area contributed by atoms with Crippen LogP contribution in [0.15, 0.2) is 30.3 Å². The van der Waals surface area contributed by atoms with E-state index in [0.717, 1.165) is 12.5 Å². The van der Waals surface area contributed by atoms with Crippen molar-refractivity contribution in [2.45, 2.75) is 38.1 Å². The minimum atomic E-state index is 0.477. The van der Waals surface area contributed by atoms with Crippen LogP contribution in [0.3, 0.4) is 0 Å². The minimum absolute atomic E-state index is 0.477. The average molecular weight is 260 g/mol. The fourth-order valence-electron chi connectivity index (χ4n) is 3.09. The van der Waals surface area contributed by atoms with E-state index < -0.39 is 0 Å². The van der Waals surface area contributed by atoms with Gasteiger partial charge in [0.2, 0.25) is 0 Å². The lowest BCUT2D eigenvalue weighted by Crippen LogP contribution is -2.34. The Bertz CT molecular complexity index is 342.